The van der Waals surface area contributed by atoms with Crippen molar-refractivity contribution >= 4 is 58.1 Å². The maximum atomic E-state index is 13.9. The molecular formula is C26H22Cl2N6O. The van der Waals surface area contributed by atoms with E-state index in [1.54, 1.807) is 34.2 Å². The maximum absolute atomic E-state index is 13.9. The van der Waals surface area contributed by atoms with Gasteiger partial charge in [-0.25, -0.2) is 14.7 Å². The number of carbonyl (C=O) groups excluding carboxylic acids is 1. The number of urea groups is 1. The van der Waals surface area contributed by atoms with Gasteiger partial charge in [0.1, 0.15) is 0 Å². The molecule has 0 aliphatic carbocycles. The van der Waals surface area contributed by atoms with Gasteiger partial charge >= 0.3 is 6.03 Å². The van der Waals surface area contributed by atoms with E-state index in [1.165, 1.54) is 0 Å². The summed E-state index contributed by atoms with van der Waals surface area (Å²) in [6.45, 7) is 0.772. The minimum absolute atomic E-state index is 0.264. The number of carbonyl (C=O) groups is 1. The Hall–Kier alpha value is -3.65. The zero-order valence-corrected chi connectivity index (χ0v) is 20.2. The molecule has 7 nitrogen and oxygen atoms in total. The number of nitrogens with zero attached hydrogens (tertiary/aromatic N) is 4. The van der Waals surface area contributed by atoms with E-state index in [-0.39, 0.29) is 12.6 Å². The van der Waals surface area contributed by atoms with Crippen LogP contribution >= 0.6 is 23.2 Å². The molecule has 0 saturated heterocycles. The van der Waals surface area contributed by atoms with Gasteiger partial charge in [0, 0.05) is 22.5 Å². The first kappa shape index (κ1) is 23.1. The molecule has 0 saturated carbocycles. The van der Waals surface area contributed by atoms with Crippen molar-refractivity contribution in [3.8, 4) is 0 Å². The van der Waals surface area contributed by atoms with Gasteiger partial charge in [-0.15, -0.1) is 0 Å². The first-order chi connectivity index (χ1) is 17.0. The molecule has 0 unspecified atom stereocenters. The molecule has 0 radical (unpaired) electrons. The highest BCUT2D eigenvalue weighted by molar-refractivity contribution is 6.37. The van der Waals surface area contributed by atoms with Crippen LogP contribution in [0.4, 0.5) is 33.6 Å². The predicted octanol–water partition coefficient (Wildman–Crippen LogP) is 6.31. The number of amides is 2. The van der Waals surface area contributed by atoms with Gasteiger partial charge in [0.05, 0.1) is 22.9 Å². The largest absolute Gasteiger partial charge is 0.335 e. The third-order valence-electron chi connectivity index (χ3n) is 5.64. The van der Waals surface area contributed by atoms with Crippen LogP contribution in [0.3, 0.4) is 0 Å². The number of para-hydroxylation sites is 1. The fourth-order valence-electron chi connectivity index (χ4n) is 4.00. The van der Waals surface area contributed by atoms with Crippen molar-refractivity contribution in [2.45, 2.75) is 13.0 Å². The Labute approximate surface area is 213 Å². The van der Waals surface area contributed by atoms with Gasteiger partial charge in [-0.05, 0) is 61.0 Å². The lowest BCUT2D eigenvalue weighted by Gasteiger charge is -2.36. The van der Waals surface area contributed by atoms with Crippen LogP contribution < -0.4 is 20.9 Å². The van der Waals surface area contributed by atoms with Crippen molar-refractivity contribution in [3.05, 3.63) is 100 Å². The number of hydrogen-bond acceptors (Lipinski definition) is 5. The van der Waals surface area contributed by atoms with E-state index in [0.717, 1.165) is 16.8 Å². The summed E-state index contributed by atoms with van der Waals surface area (Å²) in [4.78, 5) is 26.3. The van der Waals surface area contributed by atoms with Crippen LogP contribution in [0.1, 0.15) is 11.1 Å². The molecule has 0 atom stereocenters. The van der Waals surface area contributed by atoms with Crippen molar-refractivity contribution < 1.29 is 4.79 Å². The standard InChI is InChI=1S/C26H22Cl2N6O/c27-19-9-10-23(22(28)14-19)33-16-18-15-30-25(31-20-6-2-1-3-7-20)32-24(18)34(26(33)35)21-8-4-5-17(13-21)11-12-29/h1-10,13-15H,11-12,16,29H2,(H,30,31,32). The van der Waals surface area contributed by atoms with Gasteiger partial charge in [-0.2, -0.15) is 4.98 Å². The van der Waals surface area contributed by atoms with Crippen LogP contribution in [0.25, 0.3) is 0 Å². The van der Waals surface area contributed by atoms with Crippen LogP contribution in [0, 0.1) is 0 Å². The Morgan fingerprint density at radius 2 is 1.83 bits per heavy atom. The van der Waals surface area contributed by atoms with Crippen molar-refractivity contribution in [2.24, 2.45) is 5.73 Å². The Morgan fingerprint density at radius 3 is 2.60 bits per heavy atom. The van der Waals surface area contributed by atoms with Gasteiger partial charge < -0.3 is 11.1 Å². The second kappa shape index (κ2) is 9.92. The number of aromatic nitrogens is 2. The summed E-state index contributed by atoms with van der Waals surface area (Å²) < 4.78 is 0. The number of anilines is 5. The molecule has 0 spiro atoms. The molecule has 35 heavy (non-hydrogen) atoms. The number of nitrogens with two attached hydrogens (primary N) is 1. The molecule has 3 N–H and O–H groups in total. The molecule has 0 bridgehead atoms. The summed E-state index contributed by atoms with van der Waals surface area (Å²) in [7, 11) is 0. The van der Waals surface area contributed by atoms with Crippen LogP contribution in [-0.2, 0) is 13.0 Å². The lowest BCUT2D eigenvalue weighted by atomic mass is 10.1. The first-order valence-electron chi connectivity index (χ1n) is 11.1. The highest BCUT2D eigenvalue weighted by Gasteiger charge is 2.35. The quantitative estimate of drug-likeness (QED) is 0.321. The summed E-state index contributed by atoms with van der Waals surface area (Å²) in [5.41, 5.74) is 9.66. The molecule has 4 aromatic rings. The van der Waals surface area contributed by atoms with E-state index >= 15 is 0 Å². The first-order valence-corrected chi connectivity index (χ1v) is 11.8. The lowest BCUT2D eigenvalue weighted by Crippen LogP contribution is -2.45. The molecule has 1 aromatic heterocycles. The average Bonchev–Trinajstić information content (AvgIpc) is 2.85. The summed E-state index contributed by atoms with van der Waals surface area (Å²) in [6.07, 6.45) is 2.42. The minimum Gasteiger partial charge on any atom is -0.330 e. The van der Waals surface area contributed by atoms with E-state index in [4.69, 9.17) is 33.9 Å². The molecule has 1 aliphatic rings. The Kier molecular flexibility index (Phi) is 6.55. The van der Waals surface area contributed by atoms with Crippen molar-refractivity contribution in [1.82, 2.24) is 9.97 Å². The van der Waals surface area contributed by atoms with Crippen LogP contribution in [-0.4, -0.2) is 22.5 Å². The summed E-state index contributed by atoms with van der Waals surface area (Å²) in [5, 5.41) is 4.08. The fraction of sp³-hybridized carbons (Fsp3) is 0.115. The predicted molar refractivity (Wildman–Crippen MR) is 141 cm³/mol. The Balaban J connectivity index is 1.61. The molecule has 3 aromatic carbocycles. The second-order valence-corrected chi connectivity index (χ2v) is 8.89. The smallest absolute Gasteiger partial charge is 0.330 e. The maximum Gasteiger partial charge on any atom is 0.335 e. The fourth-order valence-corrected chi connectivity index (χ4v) is 4.51. The van der Waals surface area contributed by atoms with E-state index < -0.39 is 0 Å². The molecule has 2 amide bonds. The zero-order valence-electron chi connectivity index (χ0n) is 18.7. The Bertz CT molecular complexity index is 1380. The lowest BCUT2D eigenvalue weighted by molar-refractivity contribution is 0.252. The molecule has 5 rings (SSSR count). The zero-order chi connectivity index (χ0) is 24.4. The molecule has 0 fully saturated rings. The number of halogens is 2. The van der Waals surface area contributed by atoms with E-state index in [1.807, 2.05) is 54.6 Å². The molecule has 176 valence electrons. The van der Waals surface area contributed by atoms with E-state index in [2.05, 4.69) is 10.3 Å². The molecule has 9 heteroatoms. The third kappa shape index (κ3) is 4.79. The topological polar surface area (TPSA) is 87.4 Å². The minimum atomic E-state index is -0.281. The van der Waals surface area contributed by atoms with E-state index in [9.17, 15) is 4.79 Å². The monoisotopic (exact) mass is 504 g/mol. The van der Waals surface area contributed by atoms with Gasteiger partial charge in [0.25, 0.3) is 0 Å². The highest BCUT2D eigenvalue weighted by atomic mass is 35.5. The van der Waals surface area contributed by atoms with E-state index in [0.29, 0.717) is 46.2 Å². The molecular weight excluding hydrogens is 483 g/mol. The van der Waals surface area contributed by atoms with Gasteiger partial charge in [-0.3, -0.25) is 4.90 Å². The van der Waals surface area contributed by atoms with Crippen molar-refractivity contribution in [3.63, 3.8) is 0 Å². The number of hydrogen-bond donors (Lipinski definition) is 2. The van der Waals surface area contributed by atoms with Crippen LogP contribution in [0.5, 0.6) is 0 Å². The van der Waals surface area contributed by atoms with Gasteiger partial charge in [0.2, 0.25) is 5.95 Å². The van der Waals surface area contributed by atoms with Crippen molar-refractivity contribution in [2.75, 3.05) is 21.7 Å². The number of benzene rings is 3. The number of nitrogens with one attached hydrogen (secondary N) is 1. The molecule has 2 heterocycles. The SMILES string of the molecule is NCCc1cccc(N2C(=O)N(c3ccc(Cl)cc3Cl)Cc3cnc(Nc4ccccc4)nc32)c1. The van der Waals surface area contributed by atoms with Crippen LogP contribution in [0.15, 0.2) is 79.0 Å². The van der Waals surface area contributed by atoms with Gasteiger partial charge in [0.15, 0.2) is 5.82 Å². The van der Waals surface area contributed by atoms with Crippen molar-refractivity contribution in [1.29, 1.82) is 0 Å². The molecule has 1 aliphatic heterocycles. The summed E-state index contributed by atoms with van der Waals surface area (Å²) in [5.74, 6) is 0.901. The average molecular weight is 505 g/mol. The summed E-state index contributed by atoms with van der Waals surface area (Å²) >= 11 is 12.6. The highest BCUT2D eigenvalue weighted by Crippen LogP contribution is 2.39. The summed E-state index contributed by atoms with van der Waals surface area (Å²) in [6, 6.07) is 22.1. The third-order valence-corrected chi connectivity index (χ3v) is 6.17. The van der Waals surface area contributed by atoms with Gasteiger partial charge in [-0.1, -0.05) is 53.5 Å². The Morgan fingerprint density at radius 1 is 1.00 bits per heavy atom. The second-order valence-electron chi connectivity index (χ2n) is 8.04. The normalized spacial score (nSPS) is 13.1. The number of fused-ring (bicyclic) bond motifs is 1. The number of rotatable bonds is 6. The van der Waals surface area contributed by atoms with Crippen LogP contribution in [0.2, 0.25) is 10.0 Å².